The van der Waals surface area contributed by atoms with E-state index < -0.39 is 0 Å². The largest absolute Gasteiger partial charge is 0.339 e. The van der Waals surface area contributed by atoms with Crippen molar-refractivity contribution >= 4 is 11.9 Å². The van der Waals surface area contributed by atoms with Crippen molar-refractivity contribution < 1.29 is 9.59 Å². The van der Waals surface area contributed by atoms with Crippen molar-refractivity contribution in [3.63, 3.8) is 0 Å². The van der Waals surface area contributed by atoms with Crippen LogP contribution in [-0.4, -0.2) is 54.5 Å². The highest BCUT2D eigenvalue weighted by Crippen LogP contribution is 2.06. The Morgan fingerprint density at radius 1 is 1.14 bits per heavy atom. The minimum Gasteiger partial charge on any atom is -0.339 e. The molecule has 1 aromatic rings. The van der Waals surface area contributed by atoms with E-state index >= 15 is 0 Å². The quantitative estimate of drug-likeness (QED) is 0.862. The second-order valence-electron chi connectivity index (χ2n) is 5.82. The van der Waals surface area contributed by atoms with Gasteiger partial charge in [0, 0.05) is 39.6 Å². The third-order valence-electron chi connectivity index (χ3n) is 4.01. The predicted octanol–water partition coefficient (Wildman–Crippen LogP) is 1.80. The fraction of sp³-hybridized carbons (Fsp3) is 0.529. The molecule has 0 unspecified atom stereocenters. The molecule has 1 aromatic carbocycles. The zero-order valence-corrected chi connectivity index (χ0v) is 13.5. The van der Waals surface area contributed by atoms with E-state index in [1.807, 2.05) is 0 Å². The second kappa shape index (κ2) is 7.82. The van der Waals surface area contributed by atoms with Gasteiger partial charge in [-0.15, -0.1) is 0 Å². The predicted molar refractivity (Wildman–Crippen MR) is 86.7 cm³/mol. The molecule has 0 bridgehead atoms. The third kappa shape index (κ3) is 4.76. The summed E-state index contributed by atoms with van der Waals surface area (Å²) in [5.41, 5.74) is 2.58. The maximum Gasteiger partial charge on any atom is 0.317 e. The van der Waals surface area contributed by atoms with Gasteiger partial charge in [0.25, 0.3) is 0 Å². The Morgan fingerprint density at radius 3 is 2.45 bits per heavy atom. The van der Waals surface area contributed by atoms with Crippen LogP contribution < -0.4 is 5.32 Å². The van der Waals surface area contributed by atoms with Crippen molar-refractivity contribution in [2.24, 2.45) is 0 Å². The van der Waals surface area contributed by atoms with Crippen LogP contribution in [0.2, 0.25) is 0 Å². The minimum absolute atomic E-state index is 0.0209. The van der Waals surface area contributed by atoms with Crippen LogP contribution >= 0.6 is 0 Å². The Morgan fingerprint density at radius 2 is 1.82 bits per heavy atom. The van der Waals surface area contributed by atoms with Crippen molar-refractivity contribution in [3.8, 4) is 0 Å². The van der Waals surface area contributed by atoms with Crippen molar-refractivity contribution in [1.29, 1.82) is 0 Å². The maximum absolute atomic E-state index is 12.1. The van der Waals surface area contributed by atoms with Gasteiger partial charge in [0.2, 0.25) is 5.91 Å². The first kappa shape index (κ1) is 16.3. The molecule has 1 N–H and O–H groups in total. The normalized spacial score (nSPS) is 14.8. The van der Waals surface area contributed by atoms with Crippen molar-refractivity contribution in [2.75, 3.05) is 32.7 Å². The van der Waals surface area contributed by atoms with Crippen LogP contribution in [0, 0.1) is 6.92 Å². The summed E-state index contributed by atoms with van der Waals surface area (Å²) in [6.07, 6.45) is 1.91. The molecule has 0 atom stereocenters. The van der Waals surface area contributed by atoms with Gasteiger partial charge in [-0.1, -0.05) is 29.8 Å². The summed E-state index contributed by atoms with van der Waals surface area (Å²) in [6, 6.07) is 8.44. The highest BCUT2D eigenvalue weighted by Gasteiger charge is 2.21. The van der Waals surface area contributed by atoms with E-state index in [0.717, 1.165) is 12.8 Å². The molecule has 1 aliphatic rings. The Balaban J connectivity index is 1.65. The number of benzene rings is 1. The molecule has 1 heterocycles. The first-order valence-electron chi connectivity index (χ1n) is 7.90. The highest BCUT2D eigenvalue weighted by atomic mass is 16.2. The molecular formula is C17H25N3O2. The first-order chi connectivity index (χ1) is 10.6. The summed E-state index contributed by atoms with van der Waals surface area (Å²) in [6.45, 7) is 6.83. The lowest BCUT2D eigenvalue weighted by Crippen LogP contribution is -2.52. The number of nitrogens with zero attached hydrogens (tertiary/aromatic N) is 2. The molecule has 5 heteroatoms. The van der Waals surface area contributed by atoms with Gasteiger partial charge in [-0.05, 0) is 25.3 Å². The zero-order chi connectivity index (χ0) is 15.9. The molecule has 0 radical (unpaired) electrons. The Labute approximate surface area is 132 Å². The van der Waals surface area contributed by atoms with E-state index in [4.69, 9.17) is 0 Å². The molecular weight excluding hydrogens is 278 g/mol. The molecule has 0 aromatic heterocycles. The Hall–Kier alpha value is -2.04. The van der Waals surface area contributed by atoms with Gasteiger partial charge in [0.05, 0.1) is 0 Å². The molecule has 0 saturated carbocycles. The Kier molecular flexibility index (Phi) is 5.81. The molecule has 1 fully saturated rings. The van der Waals surface area contributed by atoms with Crippen LogP contribution in [0.4, 0.5) is 4.79 Å². The van der Waals surface area contributed by atoms with Crippen LogP contribution in [0.25, 0.3) is 0 Å². The molecule has 120 valence electrons. The fourth-order valence-electron chi connectivity index (χ4n) is 2.69. The molecule has 0 spiro atoms. The molecule has 5 nitrogen and oxygen atoms in total. The monoisotopic (exact) mass is 303 g/mol. The first-order valence-corrected chi connectivity index (χ1v) is 7.90. The third-order valence-corrected chi connectivity index (χ3v) is 4.01. The number of rotatable bonds is 4. The van der Waals surface area contributed by atoms with Crippen LogP contribution in [0.5, 0.6) is 0 Å². The number of carbonyl (C=O) groups excluding carboxylic acids is 2. The number of aryl methyl sites for hydroxylation is 2. The summed E-state index contributed by atoms with van der Waals surface area (Å²) in [7, 11) is 0. The van der Waals surface area contributed by atoms with E-state index in [2.05, 4.69) is 36.5 Å². The summed E-state index contributed by atoms with van der Waals surface area (Å²) in [5, 5.41) is 2.96. The van der Waals surface area contributed by atoms with Crippen LogP contribution in [0.15, 0.2) is 24.3 Å². The Bertz CT molecular complexity index is 522. The van der Waals surface area contributed by atoms with Crippen molar-refractivity contribution in [3.05, 3.63) is 35.4 Å². The zero-order valence-electron chi connectivity index (χ0n) is 13.5. The highest BCUT2D eigenvalue weighted by molar-refractivity contribution is 5.76. The SMILES string of the molecule is CC(=O)N1CCN(C(=O)NCCCc2cccc(C)c2)CC1. The van der Waals surface area contributed by atoms with Crippen molar-refractivity contribution in [2.45, 2.75) is 26.7 Å². The standard InChI is InChI=1S/C17H25N3O2/c1-14-5-3-6-16(13-14)7-4-8-18-17(22)20-11-9-19(10-12-20)15(2)21/h3,5-6,13H,4,7-12H2,1-2H3,(H,18,22). The number of nitrogens with one attached hydrogen (secondary N) is 1. The van der Waals surface area contributed by atoms with Gasteiger partial charge < -0.3 is 15.1 Å². The molecule has 1 aliphatic heterocycles. The average molecular weight is 303 g/mol. The van der Waals surface area contributed by atoms with E-state index in [0.29, 0.717) is 32.7 Å². The number of hydrogen-bond donors (Lipinski definition) is 1. The molecule has 1 saturated heterocycles. The van der Waals surface area contributed by atoms with Crippen LogP contribution in [0.1, 0.15) is 24.5 Å². The lowest BCUT2D eigenvalue weighted by molar-refractivity contribution is -0.130. The van der Waals surface area contributed by atoms with Crippen molar-refractivity contribution in [1.82, 2.24) is 15.1 Å². The second-order valence-corrected chi connectivity index (χ2v) is 5.82. The molecule has 3 amide bonds. The lowest BCUT2D eigenvalue weighted by Gasteiger charge is -2.34. The number of carbonyl (C=O) groups is 2. The average Bonchev–Trinajstić information content (AvgIpc) is 2.51. The van der Waals surface area contributed by atoms with Gasteiger partial charge in [-0.25, -0.2) is 4.79 Å². The maximum atomic E-state index is 12.1. The van der Waals surface area contributed by atoms with Gasteiger partial charge >= 0.3 is 6.03 Å². The van der Waals surface area contributed by atoms with E-state index in [9.17, 15) is 9.59 Å². The molecule has 0 aliphatic carbocycles. The lowest BCUT2D eigenvalue weighted by atomic mass is 10.1. The van der Waals surface area contributed by atoms with E-state index in [1.165, 1.54) is 11.1 Å². The summed E-state index contributed by atoms with van der Waals surface area (Å²) in [4.78, 5) is 26.9. The summed E-state index contributed by atoms with van der Waals surface area (Å²) >= 11 is 0. The van der Waals surface area contributed by atoms with Gasteiger partial charge in [0.1, 0.15) is 0 Å². The van der Waals surface area contributed by atoms with Crippen LogP contribution in [-0.2, 0) is 11.2 Å². The number of amides is 3. The smallest absolute Gasteiger partial charge is 0.317 e. The topological polar surface area (TPSA) is 52.7 Å². The van der Waals surface area contributed by atoms with Gasteiger partial charge in [-0.3, -0.25) is 4.79 Å². The number of urea groups is 1. The summed E-state index contributed by atoms with van der Waals surface area (Å²) < 4.78 is 0. The summed E-state index contributed by atoms with van der Waals surface area (Å²) in [5.74, 6) is 0.0817. The fourth-order valence-corrected chi connectivity index (χ4v) is 2.69. The number of hydrogen-bond acceptors (Lipinski definition) is 2. The van der Waals surface area contributed by atoms with E-state index in [1.54, 1.807) is 16.7 Å². The number of piperazine rings is 1. The minimum atomic E-state index is -0.0209. The molecule has 22 heavy (non-hydrogen) atoms. The van der Waals surface area contributed by atoms with Crippen LogP contribution in [0.3, 0.4) is 0 Å². The van der Waals surface area contributed by atoms with E-state index in [-0.39, 0.29) is 11.9 Å². The molecule has 2 rings (SSSR count). The van der Waals surface area contributed by atoms with Gasteiger partial charge in [-0.2, -0.15) is 0 Å². The van der Waals surface area contributed by atoms with Gasteiger partial charge in [0.15, 0.2) is 0 Å².